The third-order valence-corrected chi connectivity index (χ3v) is 1.63. The molecule has 0 N–H and O–H groups in total. The van der Waals surface area contributed by atoms with Crippen LogP contribution in [0.5, 0.6) is 11.5 Å². The summed E-state index contributed by atoms with van der Waals surface area (Å²) in [6, 6.07) is 4.30. The van der Waals surface area contributed by atoms with Crippen molar-refractivity contribution in [2.45, 2.75) is 39.9 Å². The summed E-state index contributed by atoms with van der Waals surface area (Å²) in [5, 5.41) is 0. The quantitative estimate of drug-likeness (QED) is 0.761. The number of hydrogen-bond donors (Lipinski definition) is 0. The van der Waals surface area contributed by atoms with Gasteiger partial charge >= 0.3 is 0 Å². The highest BCUT2D eigenvalue weighted by atomic mass is 19.1. The molecule has 0 aliphatic carbocycles. The summed E-state index contributed by atoms with van der Waals surface area (Å²) in [7, 11) is 0. The minimum absolute atomic E-state index is 0.00122. The van der Waals surface area contributed by atoms with Crippen LogP contribution in [-0.2, 0) is 0 Å². The Morgan fingerprint density at radius 1 is 0.933 bits per heavy atom. The topological polar surface area (TPSA) is 18.5 Å². The van der Waals surface area contributed by atoms with Gasteiger partial charge in [-0.05, 0) is 39.8 Å². The molecule has 0 aliphatic heterocycles. The summed E-state index contributed by atoms with van der Waals surface area (Å²) in [4.78, 5) is 0. The van der Waals surface area contributed by atoms with Crippen LogP contribution in [-0.4, -0.2) is 12.2 Å². The van der Waals surface area contributed by atoms with Gasteiger partial charge in [-0.25, -0.2) is 4.39 Å². The number of benzene rings is 1. The van der Waals surface area contributed by atoms with Crippen molar-refractivity contribution in [2.75, 3.05) is 0 Å². The van der Waals surface area contributed by atoms with Crippen LogP contribution in [0.15, 0.2) is 18.2 Å². The smallest absolute Gasteiger partial charge is 0.164 e. The van der Waals surface area contributed by atoms with Gasteiger partial charge in [-0.15, -0.1) is 0 Å². The Hall–Kier alpha value is -1.25. The lowest BCUT2D eigenvalue weighted by atomic mass is 10.3. The van der Waals surface area contributed by atoms with E-state index in [1.165, 1.54) is 12.1 Å². The van der Waals surface area contributed by atoms with E-state index in [0.29, 0.717) is 11.5 Å². The van der Waals surface area contributed by atoms with E-state index < -0.39 is 0 Å². The Balaban J connectivity index is 2.92. The Kier molecular flexibility index (Phi) is 3.95. The first kappa shape index (κ1) is 11.8. The molecule has 0 aromatic heterocycles. The number of hydrogen-bond acceptors (Lipinski definition) is 2. The van der Waals surface area contributed by atoms with Gasteiger partial charge in [-0.1, -0.05) is 0 Å². The standard InChI is InChI=1S/C12H17FO2/c1-8(2)14-11-6-5-10(13)7-12(11)15-9(3)4/h5-9H,1-4H3. The first-order chi connectivity index (χ1) is 6.99. The van der Waals surface area contributed by atoms with Gasteiger partial charge in [0.2, 0.25) is 0 Å². The zero-order valence-corrected chi connectivity index (χ0v) is 9.58. The van der Waals surface area contributed by atoms with E-state index in [1.807, 2.05) is 27.7 Å². The molecular formula is C12H17FO2. The Morgan fingerprint density at radius 3 is 2.00 bits per heavy atom. The van der Waals surface area contributed by atoms with E-state index in [4.69, 9.17) is 9.47 Å². The molecule has 1 aromatic carbocycles. The third-order valence-electron chi connectivity index (χ3n) is 1.63. The van der Waals surface area contributed by atoms with E-state index in [9.17, 15) is 4.39 Å². The second-order valence-corrected chi connectivity index (χ2v) is 3.92. The van der Waals surface area contributed by atoms with Crippen molar-refractivity contribution >= 4 is 0 Å². The van der Waals surface area contributed by atoms with Gasteiger partial charge in [0.25, 0.3) is 0 Å². The van der Waals surface area contributed by atoms with Crippen molar-refractivity contribution in [1.82, 2.24) is 0 Å². The highest BCUT2D eigenvalue weighted by molar-refractivity contribution is 5.40. The van der Waals surface area contributed by atoms with Crippen LogP contribution in [0, 0.1) is 5.82 Å². The summed E-state index contributed by atoms with van der Waals surface area (Å²) < 4.78 is 24.0. The average Bonchev–Trinajstić information content (AvgIpc) is 2.08. The summed E-state index contributed by atoms with van der Waals surface area (Å²) in [6.07, 6.45) is 0.0475. The Morgan fingerprint density at radius 2 is 1.47 bits per heavy atom. The van der Waals surface area contributed by atoms with E-state index in [0.717, 1.165) is 0 Å². The Bertz CT molecular complexity index is 321. The van der Waals surface area contributed by atoms with Crippen molar-refractivity contribution in [3.8, 4) is 11.5 Å². The largest absolute Gasteiger partial charge is 0.487 e. The van der Waals surface area contributed by atoms with Crippen LogP contribution < -0.4 is 9.47 Å². The number of halogens is 1. The second kappa shape index (κ2) is 5.01. The molecule has 0 heterocycles. The lowest BCUT2D eigenvalue weighted by Gasteiger charge is -2.16. The van der Waals surface area contributed by atoms with Gasteiger partial charge in [0, 0.05) is 6.07 Å². The second-order valence-electron chi connectivity index (χ2n) is 3.92. The van der Waals surface area contributed by atoms with Crippen molar-refractivity contribution in [1.29, 1.82) is 0 Å². The van der Waals surface area contributed by atoms with Gasteiger partial charge in [0.15, 0.2) is 11.5 Å². The SMILES string of the molecule is CC(C)Oc1ccc(F)cc1OC(C)C. The fourth-order valence-corrected chi connectivity index (χ4v) is 1.18. The van der Waals surface area contributed by atoms with Gasteiger partial charge in [-0.2, -0.15) is 0 Å². The molecule has 1 aromatic rings. The molecule has 0 saturated carbocycles. The van der Waals surface area contributed by atoms with Gasteiger partial charge in [0.1, 0.15) is 5.82 Å². The van der Waals surface area contributed by atoms with Crippen LogP contribution in [0.25, 0.3) is 0 Å². The molecule has 0 aliphatic rings. The molecule has 0 radical (unpaired) electrons. The maximum Gasteiger partial charge on any atom is 0.164 e. The summed E-state index contributed by atoms with van der Waals surface area (Å²) in [5.41, 5.74) is 0. The van der Waals surface area contributed by atoms with Crippen LogP contribution in [0.2, 0.25) is 0 Å². The maximum atomic E-state index is 13.0. The fraction of sp³-hybridized carbons (Fsp3) is 0.500. The van der Waals surface area contributed by atoms with Crippen LogP contribution in [0.1, 0.15) is 27.7 Å². The van der Waals surface area contributed by atoms with E-state index in [2.05, 4.69) is 0 Å². The van der Waals surface area contributed by atoms with E-state index >= 15 is 0 Å². The molecule has 0 fully saturated rings. The van der Waals surface area contributed by atoms with E-state index in [1.54, 1.807) is 6.07 Å². The maximum absolute atomic E-state index is 13.0. The fourth-order valence-electron chi connectivity index (χ4n) is 1.18. The lowest BCUT2D eigenvalue weighted by Crippen LogP contribution is -2.10. The summed E-state index contributed by atoms with van der Waals surface area (Å²) in [6.45, 7) is 7.62. The molecule has 15 heavy (non-hydrogen) atoms. The van der Waals surface area contributed by atoms with E-state index in [-0.39, 0.29) is 18.0 Å². The summed E-state index contributed by atoms with van der Waals surface area (Å²) >= 11 is 0. The molecule has 1 rings (SSSR count). The Labute approximate surface area is 90.0 Å². The average molecular weight is 212 g/mol. The van der Waals surface area contributed by atoms with Crippen molar-refractivity contribution in [3.63, 3.8) is 0 Å². The molecule has 0 saturated heterocycles. The minimum atomic E-state index is -0.318. The third kappa shape index (κ3) is 3.78. The molecular weight excluding hydrogens is 195 g/mol. The van der Waals surface area contributed by atoms with Crippen molar-refractivity contribution in [2.24, 2.45) is 0 Å². The molecule has 0 bridgehead atoms. The lowest BCUT2D eigenvalue weighted by molar-refractivity contribution is 0.198. The van der Waals surface area contributed by atoms with Gasteiger partial charge < -0.3 is 9.47 Å². The first-order valence-corrected chi connectivity index (χ1v) is 5.12. The highest BCUT2D eigenvalue weighted by Gasteiger charge is 2.09. The molecule has 2 nitrogen and oxygen atoms in total. The summed E-state index contributed by atoms with van der Waals surface area (Å²) in [5.74, 6) is 0.723. The van der Waals surface area contributed by atoms with Gasteiger partial charge in [0.05, 0.1) is 12.2 Å². The first-order valence-electron chi connectivity index (χ1n) is 5.12. The molecule has 0 atom stereocenters. The molecule has 84 valence electrons. The van der Waals surface area contributed by atoms with Crippen LogP contribution in [0.3, 0.4) is 0 Å². The molecule has 0 amide bonds. The monoisotopic (exact) mass is 212 g/mol. The predicted molar refractivity (Wildman–Crippen MR) is 57.9 cm³/mol. The molecule has 3 heteroatoms. The van der Waals surface area contributed by atoms with Crippen molar-refractivity contribution < 1.29 is 13.9 Å². The number of rotatable bonds is 4. The highest BCUT2D eigenvalue weighted by Crippen LogP contribution is 2.29. The van der Waals surface area contributed by atoms with Gasteiger partial charge in [-0.3, -0.25) is 0 Å². The zero-order valence-electron chi connectivity index (χ0n) is 9.58. The molecule has 0 unspecified atom stereocenters. The molecule has 0 spiro atoms. The zero-order chi connectivity index (χ0) is 11.4. The van der Waals surface area contributed by atoms with Crippen LogP contribution in [0.4, 0.5) is 4.39 Å². The normalized spacial score (nSPS) is 10.9. The van der Waals surface area contributed by atoms with Crippen molar-refractivity contribution in [3.05, 3.63) is 24.0 Å². The minimum Gasteiger partial charge on any atom is -0.487 e. The predicted octanol–water partition coefficient (Wildman–Crippen LogP) is 3.40. The number of ether oxygens (including phenoxy) is 2. The van der Waals surface area contributed by atoms with Crippen LogP contribution >= 0.6 is 0 Å².